The molecular formula is C14H16BrN3O2. The van der Waals surface area contributed by atoms with Gasteiger partial charge in [-0.25, -0.2) is 4.98 Å². The summed E-state index contributed by atoms with van der Waals surface area (Å²) in [7, 11) is 0. The van der Waals surface area contributed by atoms with Crippen molar-refractivity contribution in [3.63, 3.8) is 0 Å². The van der Waals surface area contributed by atoms with Gasteiger partial charge in [-0.15, -0.1) is 0 Å². The van der Waals surface area contributed by atoms with Crippen LogP contribution in [0.2, 0.25) is 0 Å². The minimum atomic E-state index is -0.123. The Labute approximate surface area is 125 Å². The molecule has 0 radical (unpaired) electrons. The highest BCUT2D eigenvalue weighted by atomic mass is 79.9. The van der Waals surface area contributed by atoms with E-state index in [4.69, 9.17) is 10.5 Å². The standard InChI is InChI=1S/C14H16BrN3O2/c1-3-20-12-5-4-11(16)6-10(12)7-18-8-17-9(2)13(15)14(18)19/h4-6,8H,3,7,16H2,1-2H3. The Kier molecular flexibility index (Phi) is 4.44. The Balaban J connectivity index is 2.42. The van der Waals surface area contributed by atoms with Crippen LogP contribution in [0.1, 0.15) is 18.2 Å². The van der Waals surface area contributed by atoms with E-state index >= 15 is 0 Å². The number of benzene rings is 1. The van der Waals surface area contributed by atoms with E-state index in [2.05, 4.69) is 20.9 Å². The molecule has 0 aliphatic heterocycles. The van der Waals surface area contributed by atoms with Crippen LogP contribution in [0.15, 0.2) is 33.8 Å². The number of nitrogens with two attached hydrogens (primary N) is 1. The second-order valence-electron chi connectivity index (χ2n) is 4.38. The largest absolute Gasteiger partial charge is 0.494 e. The highest BCUT2D eigenvalue weighted by Crippen LogP contribution is 2.22. The van der Waals surface area contributed by atoms with Crippen LogP contribution in [0.4, 0.5) is 5.69 Å². The fraction of sp³-hybridized carbons (Fsp3) is 0.286. The van der Waals surface area contributed by atoms with Crippen molar-refractivity contribution < 1.29 is 4.74 Å². The van der Waals surface area contributed by atoms with E-state index in [1.54, 1.807) is 13.0 Å². The van der Waals surface area contributed by atoms with Gasteiger partial charge in [-0.2, -0.15) is 0 Å². The molecule has 0 fully saturated rings. The van der Waals surface area contributed by atoms with Crippen LogP contribution < -0.4 is 16.0 Å². The van der Waals surface area contributed by atoms with Crippen LogP contribution in [0, 0.1) is 6.92 Å². The Morgan fingerprint density at radius 1 is 1.45 bits per heavy atom. The van der Waals surface area contributed by atoms with Gasteiger partial charge in [0, 0.05) is 11.3 Å². The molecule has 106 valence electrons. The number of halogens is 1. The van der Waals surface area contributed by atoms with Crippen molar-refractivity contribution >= 4 is 21.6 Å². The molecule has 0 aliphatic carbocycles. The van der Waals surface area contributed by atoms with Crippen molar-refractivity contribution in [2.45, 2.75) is 20.4 Å². The van der Waals surface area contributed by atoms with Crippen molar-refractivity contribution in [3.8, 4) is 5.75 Å². The molecule has 2 rings (SSSR count). The Morgan fingerprint density at radius 3 is 2.90 bits per heavy atom. The number of hydrogen-bond acceptors (Lipinski definition) is 4. The topological polar surface area (TPSA) is 70.1 Å². The van der Waals surface area contributed by atoms with E-state index in [0.717, 1.165) is 11.3 Å². The third-order valence-corrected chi connectivity index (χ3v) is 3.80. The minimum Gasteiger partial charge on any atom is -0.494 e. The molecule has 0 bridgehead atoms. The molecule has 5 nitrogen and oxygen atoms in total. The maximum atomic E-state index is 12.2. The Bertz CT molecular complexity index is 683. The predicted octanol–water partition coefficient (Wildman–Crippen LogP) is 2.34. The molecule has 1 aromatic heterocycles. The summed E-state index contributed by atoms with van der Waals surface area (Å²) in [4.78, 5) is 16.3. The Hall–Kier alpha value is -1.82. The van der Waals surface area contributed by atoms with E-state index in [1.165, 1.54) is 10.9 Å². The number of nitrogen functional groups attached to an aromatic ring is 1. The van der Waals surface area contributed by atoms with Gasteiger partial charge in [-0.05, 0) is 48.0 Å². The summed E-state index contributed by atoms with van der Waals surface area (Å²) < 4.78 is 7.55. The number of rotatable bonds is 4. The fourth-order valence-corrected chi connectivity index (χ4v) is 2.19. The van der Waals surface area contributed by atoms with Gasteiger partial charge in [0.1, 0.15) is 10.2 Å². The smallest absolute Gasteiger partial charge is 0.268 e. The van der Waals surface area contributed by atoms with Gasteiger partial charge >= 0.3 is 0 Å². The average Bonchev–Trinajstić information content (AvgIpc) is 2.42. The van der Waals surface area contributed by atoms with Crippen molar-refractivity contribution in [2.75, 3.05) is 12.3 Å². The number of aromatic nitrogens is 2. The molecule has 2 N–H and O–H groups in total. The summed E-state index contributed by atoms with van der Waals surface area (Å²) in [6, 6.07) is 5.40. The summed E-state index contributed by atoms with van der Waals surface area (Å²) in [5.74, 6) is 0.727. The van der Waals surface area contributed by atoms with Crippen LogP contribution in [0.3, 0.4) is 0 Å². The summed E-state index contributed by atoms with van der Waals surface area (Å²) in [6.07, 6.45) is 1.53. The molecule has 0 saturated heterocycles. The number of nitrogens with zero attached hydrogens (tertiary/aromatic N) is 2. The van der Waals surface area contributed by atoms with Gasteiger partial charge in [-0.3, -0.25) is 9.36 Å². The monoisotopic (exact) mass is 337 g/mol. The third kappa shape index (κ3) is 3.01. The molecule has 20 heavy (non-hydrogen) atoms. The molecule has 1 heterocycles. The SMILES string of the molecule is CCOc1ccc(N)cc1Cn1cnc(C)c(Br)c1=O. The van der Waals surface area contributed by atoms with Gasteiger partial charge in [0.15, 0.2) is 0 Å². The maximum absolute atomic E-state index is 12.2. The molecule has 1 aromatic carbocycles. The molecule has 0 spiro atoms. The maximum Gasteiger partial charge on any atom is 0.268 e. The first-order chi connectivity index (χ1) is 9.52. The lowest BCUT2D eigenvalue weighted by molar-refractivity contribution is 0.335. The fourth-order valence-electron chi connectivity index (χ4n) is 1.86. The average molecular weight is 338 g/mol. The highest BCUT2D eigenvalue weighted by molar-refractivity contribution is 9.10. The van der Waals surface area contributed by atoms with Crippen molar-refractivity contribution in [1.29, 1.82) is 0 Å². The number of anilines is 1. The van der Waals surface area contributed by atoms with E-state index < -0.39 is 0 Å². The number of aryl methyl sites for hydroxylation is 1. The molecule has 0 unspecified atom stereocenters. The highest BCUT2D eigenvalue weighted by Gasteiger charge is 2.09. The number of ether oxygens (including phenoxy) is 1. The normalized spacial score (nSPS) is 10.6. The molecular weight excluding hydrogens is 322 g/mol. The quantitative estimate of drug-likeness (QED) is 0.869. The second kappa shape index (κ2) is 6.09. The lowest BCUT2D eigenvalue weighted by Gasteiger charge is -2.12. The van der Waals surface area contributed by atoms with Gasteiger partial charge < -0.3 is 10.5 Å². The zero-order valence-corrected chi connectivity index (χ0v) is 13.0. The van der Waals surface area contributed by atoms with Crippen molar-refractivity contribution in [3.05, 3.63) is 50.6 Å². The molecule has 0 atom stereocenters. The first-order valence-electron chi connectivity index (χ1n) is 6.25. The summed E-state index contributed by atoms with van der Waals surface area (Å²) in [6.45, 7) is 4.62. The van der Waals surface area contributed by atoms with E-state index in [0.29, 0.717) is 29.0 Å². The number of hydrogen-bond donors (Lipinski definition) is 1. The third-order valence-electron chi connectivity index (χ3n) is 2.88. The van der Waals surface area contributed by atoms with E-state index in [9.17, 15) is 4.79 Å². The molecule has 0 amide bonds. The predicted molar refractivity (Wildman–Crippen MR) is 82.1 cm³/mol. The summed E-state index contributed by atoms with van der Waals surface area (Å²) >= 11 is 3.26. The Morgan fingerprint density at radius 2 is 2.20 bits per heavy atom. The zero-order valence-electron chi connectivity index (χ0n) is 11.4. The van der Waals surface area contributed by atoms with Crippen molar-refractivity contribution in [2.24, 2.45) is 0 Å². The van der Waals surface area contributed by atoms with Crippen LogP contribution in [-0.4, -0.2) is 16.2 Å². The summed E-state index contributed by atoms with van der Waals surface area (Å²) in [5, 5.41) is 0. The summed E-state index contributed by atoms with van der Waals surface area (Å²) in [5.41, 5.74) is 7.84. The first-order valence-corrected chi connectivity index (χ1v) is 7.05. The van der Waals surface area contributed by atoms with Crippen molar-refractivity contribution in [1.82, 2.24) is 9.55 Å². The van der Waals surface area contributed by atoms with Gasteiger partial charge in [0.05, 0.1) is 25.2 Å². The van der Waals surface area contributed by atoms with Crippen LogP contribution in [0.5, 0.6) is 5.75 Å². The first kappa shape index (κ1) is 14.6. The van der Waals surface area contributed by atoms with Crippen LogP contribution in [-0.2, 0) is 6.54 Å². The molecule has 6 heteroatoms. The lowest BCUT2D eigenvalue weighted by atomic mass is 10.1. The van der Waals surface area contributed by atoms with Gasteiger partial charge in [-0.1, -0.05) is 0 Å². The van der Waals surface area contributed by atoms with Crippen LogP contribution >= 0.6 is 15.9 Å². The molecule has 2 aromatic rings. The molecule has 0 saturated carbocycles. The van der Waals surface area contributed by atoms with Gasteiger partial charge in [0.25, 0.3) is 5.56 Å². The lowest BCUT2D eigenvalue weighted by Crippen LogP contribution is -2.23. The van der Waals surface area contributed by atoms with E-state index in [1.807, 2.05) is 19.1 Å². The van der Waals surface area contributed by atoms with E-state index in [-0.39, 0.29) is 5.56 Å². The second-order valence-corrected chi connectivity index (χ2v) is 5.17. The molecule has 0 aliphatic rings. The van der Waals surface area contributed by atoms with Gasteiger partial charge in [0.2, 0.25) is 0 Å². The minimum absolute atomic E-state index is 0.123. The van der Waals surface area contributed by atoms with Crippen LogP contribution in [0.25, 0.3) is 0 Å². The zero-order chi connectivity index (χ0) is 14.7.